The van der Waals surface area contributed by atoms with Crippen LogP contribution in [0.2, 0.25) is 0 Å². The van der Waals surface area contributed by atoms with Gasteiger partial charge in [-0.1, -0.05) is 13.8 Å². The highest BCUT2D eigenvalue weighted by Crippen LogP contribution is 2.65. The van der Waals surface area contributed by atoms with E-state index in [1.54, 1.807) is 6.92 Å². The van der Waals surface area contributed by atoms with Crippen LogP contribution in [0.25, 0.3) is 0 Å². The van der Waals surface area contributed by atoms with Gasteiger partial charge < -0.3 is 4.74 Å². The first kappa shape index (κ1) is 17.8. The number of rotatable bonds is 3. The summed E-state index contributed by atoms with van der Waals surface area (Å²) in [6, 6.07) is 4.95. The number of nitrogens with zero attached hydrogens (tertiary/aromatic N) is 1. The fraction of sp³-hybridized carbons (Fsp3) is 0.471. The maximum Gasteiger partial charge on any atom is 0.313 e. The lowest BCUT2D eigenvalue weighted by Gasteiger charge is -2.35. The molecule has 2 amide bonds. The van der Waals surface area contributed by atoms with E-state index in [-0.39, 0.29) is 11.3 Å². The Balaban J connectivity index is 1.70. The van der Waals surface area contributed by atoms with Crippen molar-refractivity contribution in [3.05, 3.63) is 39.9 Å². The van der Waals surface area contributed by atoms with Gasteiger partial charge in [-0.05, 0) is 31.9 Å². The number of carbonyl (C=O) groups is 3. The Morgan fingerprint density at radius 2 is 1.73 bits per heavy atom. The topological polar surface area (TPSA) is 128 Å². The van der Waals surface area contributed by atoms with Gasteiger partial charge in [-0.3, -0.25) is 35.3 Å². The van der Waals surface area contributed by atoms with Crippen molar-refractivity contribution < 1.29 is 24.0 Å². The van der Waals surface area contributed by atoms with Gasteiger partial charge in [-0.15, -0.1) is 0 Å². The largest absolute Gasteiger partial charge is 0.448 e. The van der Waals surface area contributed by atoms with Crippen molar-refractivity contribution in [3.8, 4) is 0 Å². The lowest BCUT2D eigenvalue weighted by molar-refractivity contribution is -0.384. The molecule has 2 aliphatic rings. The molecule has 1 heterocycles. The predicted molar refractivity (Wildman–Crippen MR) is 88.7 cm³/mol. The Hall–Kier alpha value is -2.97. The number of fused-ring (bicyclic) bond motifs is 2. The molecule has 1 aliphatic carbocycles. The van der Waals surface area contributed by atoms with E-state index >= 15 is 0 Å². The molecule has 0 aromatic heterocycles. The number of benzene rings is 1. The van der Waals surface area contributed by atoms with E-state index in [1.807, 2.05) is 13.8 Å². The third-order valence-corrected chi connectivity index (χ3v) is 6.08. The normalized spacial score (nSPS) is 28.3. The molecule has 1 saturated heterocycles. The minimum absolute atomic E-state index is 0.144. The van der Waals surface area contributed by atoms with E-state index in [4.69, 9.17) is 4.74 Å². The highest BCUT2D eigenvalue weighted by Gasteiger charge is 2.75. The van der Waals surface area contributed by atoms with Crippen LogP contribution in [0.15, 0.2) is 24.3 Å². The summed E-state index contributed by atoms with van der Waals surface area (Å²) in [5.41, 5.74) is 1.79. The zero-order chi connectivity index (χ0) is 19.3. The van der Waals surface area contributed by atoms with Gasteiger partial charge in [0.1, 0.15) is 0 Å². The van der Waals surface area contributed by atoms with E-state index in [0.29, 0.717) is 12.8 Å². The van der Waals surface area contributed by atoms with Crippen molar-refractivity contribution >= 4 is 23.5 Å². The van der Waals surface area contributed by atoms with Gasteiger partial charge in [0.25, 0.3) is 17.5 Å². The number of esters is 1. The molecule has 26 heavy (non-hydrogen) atoms. The maximum atomic E-state index is 12.7. The third-order valence-electron chi connectivity index (χ3n) is 6.08. The van der Waals surface area contributed by atoms with Crippen molar-refractivity contribution in [3.63, 3.8) is 0 Å². The van der Waals surface area contributed by atoms with Gasteiger partial charge in [0.05, 0.1) is 10.3 Å². The molecule has 9 nitrogen and oxygen atoms in total. The minimum atomic E-state index is -1.33. The standard InChI is InChI=1S/C17H19N3O6/c1-15(2)16(3)8-9-17(15,26-14(16)23)13(22)19-18-12(21)10-4-6-11(7-5-10)20(24)25/h4-7H,8-9H2,1-3H3,(H,18,21)(H,19,22). The van der Waals surface area contributed by atoms with Crippen molar-refractivity contribution in [1.29, 1.82) is 0 Å². The SMILES string of the molecule is CC12CCC(C(=O)NNC(=O)c3ccc([N+](=O)[O-])cc3)(OC1=O)C2(C)C. The van der Waals surface area contributed by atoms with Crippen molar-refractivity contribution in [2.75, 3.05) is 0 Å². The lowest BCUT2D eigenvalue weighted by atomic mass is 9.66. The van der Waals surface area contributed by atoms with Crippen LogP contribution in [0.5, 0.6) is 0 Å². The monoisotopic (exact) mass is 361 g/mol. The van der Waals surface area contributed by atoms with Gasteiger partial charge >= 0.3 is 5.97 Å². The predicted octanol–water partition coefficient (Wildman–Crippen LogP) is 1.48. The molecule has 2 N–H and O–H groups in total. The molecule has 9 heteroatoms. The van der Waals surface area contributed by atoms with Crippen LogP contribution in [0.4, 0.5) is 5.69 Å². The smallest absolute Gasteiger partial charge is 0.313 e. The Kier molecular flexibility index (Phi) is 3.78. The van der Waals surface area contributed by atoms with Crippen LogP contribution in [-0.2, 0) is 14.3 Å². The van der Waals surface area contributed by atoms with E-state index < -0.39 is 39.1 Å². The highest BCUT2D eigenvalue weighted by atomic mass is 16.6. The summed E-state index contributed by atoms with van der Waals surface area (Å²) in [5.74, 6) is -1.63. The molecule has 2 bridgehead atoms. The van der Waals surface area contributed by atoms with Crippen LogP contribution in [-0.4, -0.2) is 28.3 Å². The first-order valence-electron chi connectivity index (χ1n) is 8.14. The van der Waals surface area contributed by atoms with E-state index in [0.717, 1.165) is 0 Å². The molecule has 1 aromatic carbocycles. The molecule has 1 aromatic rings. The summed E-state index contributed by atoms with van der Waals surface area (Å²) in [6.07, 6.45) is 0.907. The van der Waals surface area contributed by atoms with Gasteiger partial charge in [-0.25, -0.2) is 0 Å². The first-order valence-corrected chi connectivity index (χ1v) is 8.14. The van der Waals surface area contributed by atoms with Crippen LogP contribution < -0.4 is 10.9 Å². The summed E-state index contributed by atoms with van der Waals surface area (Å²) in [5, 5.41) is 10.6. The summed E-state index contributed by atoms with van der Waals surface area (Å²) >= 11 is 0. The molecular weight excluding hydrogens is 342 g/mol. The zero-order valence-corrected chi connectivity index (χ0v) is 14.6. The number of non-ortho nitro benzene ring substituents is 1. The average molecular weight is 361 g/mol. The number of carbonyl (C=O) groups excluding carboxylic acids is 3. The Morgan fingerprint density at radius 3 is 2.19 bits per heavy atom. The summed E-state index contributed by atoms with van der Waals surface area (Å²) in [4.78, 5) is 47.1. The number of nitro groups is 1. The van der Waals surface area contributed by atoms with Crippen molar-refractivity contribution in [1.82, 2.24) is 10.9 Å². The van der Waals surface area contributed by atoms with Crippen LogP contribution >= 0.6 is 0 Å². The first-order chi connectivity index (χ1) is 12.0. The fourth-order valence-corrected chi connectivity index (χ4v) is 3.77. The van der Waals surface area contributed by atoms with Gasteiger partial charge in [0, 0.05) is 23.1 Å². The molecular formula is C17H19N3O6. The average Bonchev–Trinajstić information content (AvgIpc) is 2.89. The lowest BCUT2D eigenvalue weighted by Crippen LogP contribution is -2.57. The third kappa shape index (κ3) is 2.19. The zero-order valence-electron chi connectivity index (χ0n) is 14.6. The Bertz CT molecular complexity index is 818. The summed E-state index contributed by atoms with van der Waals surface area (Å²) in [7, 11) is 0. The molecule has 138 valence electrons. The molecule has 2 atom stereocenters. The number of ether oxygens (including phenoxy) is 1. The van der Waals surface area contributed by atoms with E-state index in [9.17, 15) is 24.5 Å². The Morgan fingerprint density at radius 1 is 1.12 bits per heavy atom. The molecule has 0 spiro atoms. The van der Waals surface area contributed by atoms with Gasteiger partial charge in [0.2, 0.25) is 0 Å². The second-order valence-electron chi connectivity index (χ2n) is 7.39. The van der Waals surface area contributed by atoms with Gasteiger partial charge in [0.15, 0.2) is 5.60 Å². The van der Waals surface area contributed by atoms with Gasteiger partial charge in [-0.2, -0.15) is 0 Å². The van der Waals surface area contributed by atoms with Crippen molar-refractivity contribution in [2.24, 2.45) is 10.8 Å². The number of nitrogens with one attached hydrogen (secondary N) is 2. The number of amides is 2. The summed E-state index contributed by atoms with van der Waals surface area (Å²) < 4.78 is 5.43. The van der Waals surface area contributed by atoms with Crippen LogP contribution in [0.3, 0.4) is 0 Å². The number of hydrogen-bond donors (Lipinski definition) is 2. The quantitative estimate of drug-likeness (QED) is 0.477. The number of nitro benzene ring substituents is 1. The summed E-state index contributed by atoms with van der Waals surface area (Å²) in [6.45, 7) is 5.40. The molecule has 1 aliphatic heterocycles. The maximum absolute atomic E-state index is 12.7. The number of hydrazine groups is 1. The molecule has 2 unspecified atom stereocenters. The molecule has 2 fully saturated rings. The minimum Gasteiger partial charge on any atom is -0.448 e. The number of hydrogen-bond acceptors (Lipinski definition) is 6. The van der Waals surface area contributed by atoms with Crippen LogP contribution in [0.1, 0.15) is 44.0 Å². The van der Waals surface area contributed by atoms with E-state index in [1.165, 1.54) is 24.3 Å². The fourth-order valence-electron chi connectivity index (χ4n) is 3.77. The van der Waals surface area contributed by atoms with Crippen LogP contribution in [0, 0.1) is 20.9 Å². The van der Waals surface area contributed by atoms with Crippen molar-refractivity contribution in [2.45, 2.75) is 39.2 Å². The molecule has 0 radical (unpaired) electrons. The van der Waals surface area contributed by atoms with E-state index in [2.05, 4.69) is 10.9 Å². The molecule has 1 saturated carbocycles. The second-order valence-corrected chi connectivity index (χ2v) is 7.39. The second kappa shape index (κ2) is 5.52. The Labute approximate surface area is 149 Å². The highest BCUT2D eigenvalue weighted by molar-refractivity contribution is 5.99. The molecule has 3 rings (SSSR count).